The minimum absolute atomic E-state index is 0.0723. The van der Waals surface area contributed by atoms with E-state index in [4.69, 9.17) is 4.74 Å². The smallest absolute Gasteiger partial charge is 0.231 e. The highest BCUT2D eigenvalue weighted by Gasteiger charge is 2.17. The Hall–Kier alpha value is -3.17. The lowest BCUT2D eigenvalue weighted by Crippen LogP contribution is -2.14. The third kappa shape index (κ3) is 5.17. The summed E-state index contributed by atoms with van der Waals surface area (Å²) in [5.41, 5.74) is 2.62. The van der Waals surface area contributed by atoms with Crippen LogP contribution in [-0.2, 0) is 23.5 Å². The SMILES string of the molecule is CCn1c(SCc2csc(CC(=O)Nc3ccccc3)n2)nnc1-c1ccccc1OC. The van der Waals surface area contributed by atoms with Crippen molar-refractivity contribution in [2.24, 2.45) is 0 Å². The van der Waals surface area contributed by atoms with Gasteiger partial charge in [0, 0.05) is 23.4 Å². The largest absolute Gasteiger partial charge is 0.496 e. The van der Waals surface area contributed by atoms with Crippen LogP contribution in [0.5, 0.6) is 5.75 Å². The second-order valence-electron chi connectivity index (χ2n) is 6.86. The van der Waals surface area contributed by atoms with Gasteiger partial charge in [-0.25, -0.2) is 4.98 Å². The summed E-state index contributed by atoms with van der Waals surface area (Å²) in [5.74, 6) is 2.13. The lowest BCUT2D eigenvalue weighted by Gasteiger charge is -2.10. The van der Waals surface area contributed by atoms with Gasteiger partial charge in [0.2, 0.25) is 5.91 Å². The van der Waals surface area contributed by atoms with Gasteiger partial charge in [-0.05, 0) is 31.2 Å². The molecular formula is C23H23N5O2S2. The minimum atomic E-state index is -0.0723. The van der Waals surface area contributed by atoms with Crippen LogP contribution in [0.2, 0.25) is 0 Å². The van der Waals surface area contributed by atoms with Crippen LogP contribution in [0.25, 0.3) is 11.4 Å². The summed E-state index contributed by atoms with van der Waals surface area (Å²) >= 11 is 3.08. The number of thiazole rings is 1. The number of para-hydroxylation sites is 2. The molecule has 164 valence electrons. The Bertz CT molecular complexity index is 1190. The standard InChI is InChI=1S/C23H23N5O2S2/c1-3-28-22(18-11-7-8-12-19(18)30-2)26-27-23(28)32-15-17-14-31-21(25-17)13-20(29)24-16-9-5-4-6-10-16/h4-12,14H,3,13,15H2,1-2H3,(H,24,29). The third-order valence-electron chi connectivity index (χ3n) is 4.70. The molecule has 0 saturated carbocycles. The second kappa shape index (κ2) is 10.4. The van der Waals surface area contributed by atoms with Crippen LogP contribution >= 0.6 is 23.1 Å². The fraction of sp³-hybridized carbons (Fsp3) is 0.217. The predicted octanol–water partition coefficient (Wildman–Crippen LogP) is 4.90. The van der Waals surface area contributed by atoms with Gasteiger partial charge >= 0.3 is 0 Å². The second-order valence-corrected chi connectivity index (χ2v) is 8.75. The van der Waals surface area contributed by atoms with Gasteiger partial charge in [-0.15, -0.1) is 21.5 Å². The van der Waals surface area contributed by atoms with Gasteiger partial charge in [0.1, 0.15) is 10.8 Å². The molecule has 0 bridgehead atoms. The van der Waals surface area contributed by atoms with Crippen molar-refractivity contribution in [1.82, 2.24) is 19.7 Å². The summed E-state index contributed by atoms with van der Waals surface area (Å²) in [7, 11) is 1.65. The van der Waals surface area contributed by atoms with Crippen molar-refractivity contribution in [3.8, 4) is 17.1 Å². The predicted molar refractivity (Wildman–Crippen MR) is 128 cm³/mol. The summed E-state index contributed by atoms with van der Waals surface area (Å²) < 4.78 is 7.55. The zero-order valence-corrected chi connectivity index (χ0v) is 19.4. The molecule has 0 aliphatic heterocycles. The number of rotatable bonds is 9. The molecule has 4 aromatic rings. The number of anilines is 1. The molecule has 0 unspecified atom stereocenters. The van der Waals surface area contributed by atoms with E-state index in [0.29, 0.717) is 5.75 Å². The molecule has 0 radical (unpaired) electrons. The van der Waals surface area contributed by atoms with Crippen LogP contribution in [0.3, 0.4) is 0 Å². The van der Waals surface area contributed by atoms with Crippen molar-refractivity contribution in [3.05, 3.63) is 70.7 Å². The number of methoxy groups -OCH3 is 1. The lowest BCUT2D eigenvalue weighted by atomic mass is 10.2. The third-order valence-corrected chi connectivity index (χ3v) is 6.60. The highest BCUT2D eigenvalue weighted by Crippen LogP contribution is 2.31. The molecule has 1 N–H and O–H groups in total. The molecule has 0 fully saturated rings. The van der Waals surface area contributed by atoms with Crippen LogP contribution < -0.4 is 10.1 Å². The van der Waals surface area contributed by atoms with Crippen molar-refractivity contribution < 1.29 is 9.53 Å². The highest BCUT2D eigenvalue weighted by molar-refractivity contribution is 7.98. The molecule has 2 aromatic carbocycles. The van der Waals surface area contributed by atoms with Crippen molar-refractivity contribution >= 4 is 34.7 Å². The van der Waals surface area contributed by atoms with E-state index >= 15 is 0 Å². The molecule has 2 aromatic heterocycles. The Kier molecular flexibility index (Phi) is 7.18. The van der Waals surface area contributed by atoms with Gasteiger partial charge in [-0.3, -0.25) is 4.79 Å². The van der Waals surface area contributed by atoms with Crippen LogP contribution in [0.1, 0.15) is 17.6 Å². The number of ether oxygens (including phenoxy) is 1. The normalized spacial score (nSPS) is 10.8. The van der Waals surface area contributed by atoms with Gasteiger partial charge in [0.05, 0.1) is 24.8 Å². The van der Waals surface area contributed by atoms with E-state index in [1.807, 2.05) is 60.0 Å². The average molecular weight is 466 g/mol. The number of thioether (sulfide) groups is 1. The number of hydrogen-bond donors (Lipinski definition) is 1. The molecule has 4 rings (SSSR count). The van der Waals surface area contributed by atoms with E-state index < -0.39 is 0 Å². The van der Waals surface area contributed by atoms with Crippen LogP contribution in [0.15, 0.2) is 65.1 Å². The maximum absolute atomic E-state index is 12.3. The first-order valence-electron chi connectivity index (χ1n) is 10.2. The van der Waals surface area contributed by atoms with Gasteiger partial charge in [0.25, 0.3) is 0 Å². The van der Waals surface area contributed by atoms with E-state index in [9.17, 15) is 4.79 Å². The van der Waals surface area contributed by atoms with Crippen LogP contribution in [0, 0.1) is 0 Å². The number of amides is 1. The fourth-order valence-electron chi connectivity index (χ4n) is 3.21. The van der Waals surface area contributed by atoms with Crippen molar-refractivity contribution in [1.29, 1.82) is 0 Å². The maximum atomic E-state index is 12.3. The van der Waals surface area contributed by atoms with Crippen molar-refractivity contribution in [2.45, 2.75) is 30.8 Å². The Balaban J connectivity index is 1.40. The monoisotopic (exact) mass is 465 g/mol. The molecule has 9 heteroatoms. The van der Waals surface area contributed by atoms with E-state index in [0.717, 1.165) is 45.2 Å². The number of hydrogen-bond acceptors (Lipinski definition) is 7. The summed E-state index contributed by atoms with van der Waals surface area (Å²) in [5, 5.41) is 15.3. The van der Waals surface area contributed by atoms with E-state index in [-0.39, 0.29) is 12.3 Å². The molecule has 1 amide bonds. The molecule has 0 aliphatic rings. The average Bonchev–Trinajstić information content (AvgIpc) is 3.44. The molecule has 0 aliphatic carbocycles. The molecule has 0 spiro atoms. The number of nitrogens with one attached hydrogen (secondary N) is 1. The topological polar surface area (TPSA) is 81.9 Å². The highest BCUT2D eigenvalue weighted by atomic mass is 32.2. The fourth-order valence-corrected chi connectivity index (χ4v) is 5.00. The van der Waals surface area contributed by atoms with Crippen molar-refractivity contribution in [3.63, 3.8) is 0 Å². The van der Waals surface area contributed by atoms with Gasteiger partial charge in [-0.1, -0.05) is 42.1 Å². The first kappa shape index (κ1) is 22.0. The summed E-state index contributed by atoms with van der Waals surface area (Å²) in [6.07, 6.45) is 0.257. The van der Waals surface area contributed by atoms with Crippen molar-refractivity contribution in [2.75, 3.05) is 12.4 Å². The number of carbonyl (C=O) groups excluding carboxylic acids is 1. The van der Waals surface area contributed by atoms with E-state index in [2.05, 4.69) is 32.0 Å². The number of aromatic nitrogens is 4. The lowest BCUT2D eigenvalue weighted by molar-refractivity contribution is -0.115. The molecule has 2 heterocycles. The Morgan fingerprint density at radius 1 is 1.12 bits per heavy atom. The number of benzene rings is 2. The Morgan fingerprint density at radius 2 is 1.91 bits per heavy atom. The number of nitrogens with zero attached hydrogens (tertiary/aromatic N) is 4. The van der Waals surface area contributed by atoms with Crippen LogP contribution in [-0.4, -0.2) is 32.8 Å². The summed E-state index contributed by atoms with van der Waals surface area (Å²) in [6, 6.07) is 17.2. The van der Waals surface area contributed by atoms with Crippen LogP contribution in [0.4, 0.5) is 5.69 Å². The maximum Gasteiger partial charge on any atom is 0.231 e. The Morgan fingerprint density at radius 3 is 2.69 bits per heavy atom. The molecule has 0 atom stereocenters. The number of carbonyl (C=O) groups is 1. The first-order valence-corrected chi connectivity index (χ1v) is 12.0. The zero-order chi connectivity index (χ0) is 22.3. The summed E-state index contributed by atoms with van der Waals surface area (Å²) in [6.45, 7) is 2.81. The molecule has 0 saturated heterocycles. The minimum Gasteiger partial charge on any atom is -0.496 e. The van der Waals surface area contributed by atoms with E-state index in [1.165, 1.54) is 11.3 Å². The van der Waals surface area contributed by atoms with Gasteiger partial charge in [-0.2, -0.15) is 0 Å². The van der Waals surface area contributed by atoms with Gasteiger partial charge in [0.15, 0.2) is 11.0 Å². The Labute approximate surface area is 194 Å². The molecular weight excluding hydrogens is 442 g/mol. The summed E-state index contributed by atoms with van der Waals surface area (Å²) in [4.78, 5) is 16.9. The van der Waals surface area contributed by atoms with Gasteiger partial charge < -0.3 is 14.6 Å². The van der Waals surface area contributed by atoms with E-state index in [1.54, 1.807) is 18.9 Å². The molecule has 7 nitrogen and oxygen atoms in total. The molecule has 32 heavy (non-hydrogen) atoms. The quantitative estimate of drug-likeness (QED) is 0.354. The first-order chi connectivity index (χ1) is 15.7. The zero-order valence-electron chi connectivity index (χ0n) is 17.8.